The zero-order valence-corrected chi connectivity index (χ0v) is 11.5. The van der Waals surface area contributed by atoms with Crippen molar-refractivity contribution in [3.63, 3.8) is 0 Å². The number of carboxylic acids is 1. The van der Waals surface area contributed by atoms with E-state index in [9.17, 15) is 4.79 Å². The van der Waals surface area contributed by atoms with Crippen molar-refractivity contribution in [1.29, 1.82) is 0 Å². The molecule has 0 radical (unpaired) electrons. The van der Waals surface area contributed by atoms with Crippen LogP contribution < -0.4 is 0 Å². The van der Waals surface area contributed by atoms with Crippen LogP contribution in [0, 0.1) is 5.41 Å². The summed E-state index contributed by atoms with van der Waals surface area (Å²) in [5, 5.41) is 17.2. The van der Waals surface area contributed by atoms with E-state index in [2.05, 4.69) is 24.0 Å². The standard InChI is InChI=1S/C11H17N3O3S/c1-11(2)7(4-8(11)17-3)14-6-12-13-10(14)18-5-9(15)16/h6-8H,4-5H2,1-3H3,(H,15,16). The molecule has 7 heteroatoms. The van der Waals surface area contributed by atoms with Crippen LogP contribution in [-0.4, -0.2) is 44.8 Å². The lowest BCUT2D eigenvalue weighted by atomic mass is 9.64. The first kappa shape index (κ1) is 13.4. The summed E-state index contributed by atoms with van der Waals surface area (Å²) in [5.41, 5.74) is 0.00959. The van der Waals surface area contributed by atoms with Crippen LogP contribution in [0.5, 0.6) is 0 Å². The smallest absolute Gasteiger partial charge is 0.313 e. The zero-order valence-electron chi connectivity index (χ0n) is 10.7. The molecule has 6 nitrogen and oxygen atoms in total. The van der Waals surface area contributed by atoms with Crippen LogP contribution in [0.25, 0.3) is 0 Å². The maximum atomic E-state index is 10.6. The second kappa shape index (κ2) is 4.89. The van der Waals surface area contributed by atoms with Gasteiger partial charge in [0.2, 0.25) is 0 Å². The maximum absolute atomic E-state index is 10.6. The molecule has 0 saturated heterocycles. The van der Waals surface area contributed by atoms with E-state index in [1.54, 1.807) is 13.4 Å². The van der Waals surface area contributed by atoms with Gasteiger partial charge in [-0.25, -0.2) is 0 Å². The highest BCUT2D eigenvalue weighted by atomic mass is 32.2. The number of hydrogen-bond acceptors (Lipinski definition) is 5. The van der Waals surface area contributed by atoms with Gasteiger partial charge in [-0.2, -0.15) is 0 Å². The van der Waals surface area contributed by atoms with Crippen LogP contribution in [-0.2, 0) is 9.53 Å². The van der Waals surface area contributed by atoms with E-state index in [4.69, 9.17) is 9.84 Å². The van der Waals surface area contributed by atoms with Gasteiger partial charge in [0.15, 0.2) is 5.16 Å². The van der Waals surface area contributed by atoms with E-state index in [1.165, 1.54) is 11.8 Å². The van der Waals surface area contributed by atoms with Crippen molar-refractivity contribution in [2.24, 2.45) is 5.41 Å². The van der Waals surface area contributed by atoms with Crippen molar-refractivity contribution in [3.05, 3.63) is 6.33 Å². The Morgan fingerprint density at radius 3 is 3.00 bits per heavy atom. The summed E-state index contributed by atoms with van der Waals surface area (Å²) in [6.07, 6.45) is 2.80. The lowest BCUT2D eigenvalue weighted by Gasteiger charge is -2.51. The Bertz CT molecular complexity index is 446. The highest BCUT2D eigenvalue weighted by Gasteiger charge is 2.50. The average molecular weight is 271 g/mol. The van der Waals surface area contributed by atoms with Gasteiger partial charge in [-0.05, 0) is 6.42 Å². The molecule has 0 aliphatic heterocycles. The Labute approximate surface area is 110 Å². The van der Waals surface area contributed by atoms with Crippen molar-refractivity contribution in [1.82, 2.24) is 14.8 Å². The molecule has 100 valence electrons. The first-order valence-electron chi connectivity index (χ1n) is 5.73. The topological polar surface area (TPSA) is 77.2 Å². The molecule has 2 unspecified atom stereocenters. The summed E-state index contributed by atoms with van der Waals surface area (Å²) in [6, 6.07) is 0.258. The van der Waals surface area contributed by atoms with Crippen LogP contribution in [0.2, 0.25) is 0 Å². The van der Waals surface area contributed by atoms with Crippen molar-refractivity contribution < 1.29 is 14.6 Å². The van der Waals surface area contributed by atoms with Crippen LogP contribution in [0.3, 0.4) is 0 Å². The van der Waals surface area contributed by atoms with Gasteiger partial charge in [-0.3, -0.25) is 4.79 Å². The second-order valence-corrected chi connectivity index (χ2v) is 5.94. The van der Waals surface area contributed by atoms with E-state index in [0.29, 0.717) is 5.16 Å². The quantitative estimate of drug-likeness (QED) is 0.817. The van der Waals surface area contributed by atoms with Crippen molar-refractivity contribution in [3.8, 4) is 0 Å². The predicted molar refractivity (Wildman–Crippen MR) is 66.6 cm³/mol. The monoisotopic (exact) mass is 271 g/mol. The number of carbonyl (C=O) groups is 1. The third-order valence-electron chi connectivity index (χ3n) is 3.61. The number of methoxy groups -OCH3 is 1. The molecule has 2 rings (SSSR count). The molecular weight excluding hydrogens is 254 g/mol. The number of rotatable bonds is 5. The lowest BCUT2D eigenvalue weighted by Crippen LogP contribution is -2.51. The van der Waals surface area contributed by atoms with Gasteiger partial charge in [-0.15, -0.1) is 10.2 Å². The van der Waals surface area contributed by atoms with Crippen LogP contribution in [0.1, 0.15) is 26.3 Å². The molecule has 1 N–H and O–H groups in total. The SMILES string of the molecule is COC1CC(n2cnnc2SCC(=O)O)C1(C)C. The minimum absolute atomic E-state index is 0.000448. The number of aliphatic carboxylic acids is 1. The molecule has 18 heavy (non-hydrogen) atoms. The number of nitrogens with zero attached hydrogens (tertiary/aromatic N) is 3. The summed E-state index contributed by atoms with van der Waals surface area (Å²) >= 11 is 1.20. The third kappa shape index (κ3) is 2.24. The van der Waals surface area contributed by atoms with E-state index >= 15 is 0 Å². The first-order valence-corrected chi connectivity index (χ1v) is 6.72. The molecule has 1 aromatic heterocycles. The lowest BCUT2D eigenvalue weighted by molar-refractivity contribution is -0.133. The Kier molecular flexibility index (Phi) is 3.63. The van der Waals surface area contributed by atoms with Gasteiger partial charge in [0, 0.05) is 18.6 Å². The number of ether oxygens (including phenoxy) is 1. The Morgan fingerprint density at radius 2 is 2.44 bits per heavy atom. The zero-order chi connectivity index (χ0) is 13.3. The molecule has 1 aromatic rings. The Balaban J connectivity index is 2.11. The maximum Gasteiger partial charge on any atom is 0.313 e. The van der Waals surface area contributed by atoms with Gasteiger partial charge in [0.25, 0.3) is 0 Å². The van der Waals surface area contributed by atoms with Gasteiger partial charge in [0.1, 0.15) is 6.33 Å². The molecule has 1 heterocycles. The Hall–Kier alpha value is -1.08. The molecule has 0 aromatic carbocycles. The van der Waals surface area contributed by atoms with Crippen LogP contribution >= 0.6 is 11.8 Å². The van der Waals surface area contributed by atoms with E-state index in [0.717, 1.165) is 6.42 Å². The number of aromatic nitrogens is 3. The van der Waals surface area contributed by atoms with E-state index < -0.39 is 5.97 Å². The first-order chi connectivity index (χ1) is 8.46. The fourth-order valence-electron chi connectivity index (χ4n) is 2.41. The molecular formula is C11H17N3O3S. The van der Waals surface area contributed by atoms with E-state index in [1.807, 2.05) is 4.57 Å². The van der Waals surface area contributed by atoms with Crippen molar-refractivity contribution in [2.45, 2.75) is 37.6 Å². The minimum atomic E-state index is -0.850. The van der Waals surface area contributed by atoms with Crippen molar-refractivity contribution in [2.75, 3.05) is 12.9 Å². The summed E-state index contributed by atoms with van der Waals surface area (Å²) in [4.78, 5) is 10.6. The highest BCUT2D eigenvalue weighted by Crippen LogP contribution is 2.51. The largest absolute Gasteiger partial charge is 0.481 e. The van der Waals surface area contributed by atoms with Crippen LogP contribution in [0.4, 0.5) is 0 Å². The number of hydrogen-bond donors (Lipinski definition) is 1. The third-order valence-corrected chi connectivity index (χ3v) is 4.55. The summed E-state index contributed by atoms with van der Waals surface area (Å²) < 4.78 is 7.37. The summed E-state index contributed by atoms with van der Waals surface area (Å²) in [7, 11) is 1.72. The molecule has 1 fully saturated rings. The van der Waals surface area contributed by atoms with Gasteiger partial charge < -0.3 is 14.4 Å². The average Bonchev–Trinajstić information content (AvgIpc) is 2.73. The molecule has 0 spiro atoms. The number of thioether (sulfide) groups is 1. The Morgan fingerprint density at radius 1 is 1.72 bits per heavy atom. The highest BCUT2D eigenvalue weighted by molar-refractivity contribution is 7.99. The second-order valence-electron chi connectivity index (χ2n) is 5.00. The predicted octanol–water partition coefficient (Wildman–Crippen LogP) is 1.44. The summed E-state index contributed by atoms with van der Waals surface area (Å²) in [6.45, 7) is 4.28. The van der Waals surface area contributed by atoms with Crippen molar-refractivity contribution >= 4 is 17.7 Å². The van der Waals surface area contributed by atoms with Crippen LogP contribution in [0.15, 0.2) is 11.5 Å². The van der Waals surface area contributed by atoms with E-state index in [-0.39, 0.29) is 23.3 Å². The molecule has 1 aliphatic carbocycles. The number of carboxylic acid groups (broad SMARTS) is 1. The fourth-order valence-corrected chi connectivity index (χ4v) is 3.09. The molecule has 1 aliphatic rings. The molecule has 0 amide bonds. The normalized spacial score (nSPS) is 25.7. The molecule has 1 saturated carbocycles. The summed E-state index contributed by atoms with van der Waals surface area (Å²) in [5.74, 6) is -0.850. The fraction of sp³-hybridized carbons (Fsp3) is 0.727. The molecule has 2 atom stereocenters. The minimum Gasteiger partial charge on any atom is -0.481 e. The van der Waals surface area contributed by atoms with Gasteiger partial charge in [0.05, 0.1) is 11.9 Å². The van der Waals surface area contributed by atoms with Gasteiger partial charge in [-0.1, -0.05) is 25.6 Å². The van der Waals surface area contributed by atoms with Gasteiger partial charge >= 0.3 is 5.97 Å². The molecule has 0 bridgehead atoms.